The molecular weight excluding hydrogens is 314 g/mol. The lowest BCUT2D eigenvalue weighted by molar-refractivity contribution is -0.124. The number of hydrogen-bond donors (Lipinski definition) is 1. The maximum Gasteiger partial charge on any atom is 0.242 e. The molecule has 1 aliphatic rings. The molecule has 7 heteroatoms. The van der Waals surface area contributed by atoms with Crippen molar-refractivity contribution >= 4 is 26.8 Å². The van der Waals surface area contributed by atoms with E-state index in [0.29, 0.717) is 19.4 Å². The van der Waals surface area contributed by atoms with Crippen LogP contribution in [0.2, 0.25) is 0 Å². The van der Waals surface area contributed by atoms with Gasteiger partial charge in [0.2, 0.25) is 5.91 Å². The van der Waals surface area contributed by atoms with E-state index in [2.05, 4.69) is 10.3 Å². The summed E-state index contributed by atoms with van der Waals surface area (Å²) in [6.07, 6.45) is 2.94. The molecule has 0 spiro atoms. The van der Waals surface area contributed by atoms with Crippen LogP contribution in [0.1, 0.15) is 25.8 Å². The van der Waals surface area contributed by atoms with Gasteiger partial charge in [-0.1, -0.05) is 12.1 Å². The number of rotatable bonds is 4. The maximum atomic E-state index is 12.4. The number of imidazole rings is 1. The standard InChI is InChI=1S/C16H21N3O3S/c1-12(19-11-18-14-4-2-3-5-15(14)19)16(20)17-10-13-6-8-23(21,22)9-7-13/h2-5,11-13H,6-10H2,1H3,(H,17,20)/t12-/m1/s1. The summed E-state index contributed by atoms with van der Waals surface area (Å²) in [6.45, 7) is 2.38. The molecule has 1 aliphatic heterocycles. The van der Waals surface area contributed by atoms with Crippen LogP contribution in [0, 0.1) is 5.92 Å². The van der Waals surface area contributed by atoms with E-state index in [1.165, 1.54) is 0 Å². The summed E-state index contributed by atoms with van der Waals surface area (Å²) >= 11 is 0. The molecule has 2 aromatic rings. The molecule has 0 unspecified atom stereocenters. The van der Waals surface area contributed by atoms with E-state index in [4.69, 9.17) is 0 Å². The fraction of sp³-hybridized carbons (Fsp3) is 0.500. The second kappa shape index (κ2) is 6.31. The van der Waals surface area contributed by atoms with E-state index in [-0.39, 0.29) is 29.4 Å². The zero-order valence-electron chi connectivity index (χ0n) is 13.1. The molecule has 1 aromatic carbocycles. The lowest BCUT2D eigenvalue weighted by Gasteiger charge is -2.23. The Morgan fingerprint density at radius 3 is 2.78 bits per heavy atom. The molecule has 1 atom stereocenters. The van der Waals surface area contributed by atoms with Gasteiger partial charge in [-0.3, -0.25) is 4.79 Å². The zero-order chi connectivity index (χ0) is 16.4. The smallest absolute Gasteiger partial charge is 0.242 e. The van der Waals surface area contributed by atoms with Gasteiger partial charge in [0.1, 0.15) is 15.9 Å². The van der Waals surface area contributed by atoms with Gasteiger partial charge in [-0.05, 0) is 37.8 Å². The summed E-state index contributed by atoms with van der Waals surface area (Å²) in [7, 11) is -2.86. The van der Waals surface area contributed by atoms with Crippen LogP contribution in [0.15, 0.2) is 30.6 Å². The van der Waals surface area contributed by atoms with Crippen molar-refractivity contribution in [1.82, 2.24) is 14.9 Å². The van der Waals surface area contributed by atoms with Crippen LogP contribution < -0.4 is 5.32 Å². The Morgan fingerprint density at radius 1 is 1.35 bits per heavy atom. The van der Waals surface area contributed by atoms with Gasteiger partial charge < -0.3 is 9.88 Å². The van der Waals surface area contributed by atoms with Crippen LogP contribution in [-0.4, -0.2) is 41.9 Å². The van der Waals surface area contributed by atoms with E-state index < -0.39 is 9.84 Å². The molecule has 1 saturated heterocycles. The minimum absolute atomic E-state index is 0.0680. The highest BCUT2D eigenvalue weighted by Gasteiger charge is 2.25. The highest BCUT2D eigenvalue weighted by molar-refractivity contribution is 7.91. The topological polar surface area (TPSA) is 81.1 Å². The van der Waals surface area contributed by atoms with Gasteiger partial charge in [-0.2, -0.15) is 0 Å². The van der Waals surface area contributed by atoms with E-state index in [1.54, 1.807) is 6.33 Å². The Labute approximate surface area is 135 Å². The highest BCUT2D eigenvalue weighted by atomic mass is 32.2. The van der Waals surface area contributed by atoms with Crippen LogP contribution in [0.5, 0.6) is 0 Å². The lowest BCUT2D eigenvalue weighted by atomic mass is 10.0. The SMILES string of the molecule is C[C@H](C(=O)NCC1CCS(=O)(=O)CC1)n1cnc2ccccc21. The largest absolute Gasteiger partial charge is 0.354 e. The minimum Gasteiger partial charge on any atom is -0.354 e. The summed E-state index contributed by atoms with van der Waals surface area (Å²) < 4.78 is 24.7. The Bertz CT molecular complexity index is 799. The second-order valence-electron chi connectivity index (χ2n) is 6.16. The molecular formula is C16H21N3O3S. The van der Waals surface area contributed by atoms with Crippen molar-refractivity contribution in [2.45, 2.75) is 25.8 Å². The van der Waals surface area contributed by atoms with E-state index in [1.807, 2.05) is 35.8 Å². The first-order valence-electron chi connectivity index (χ1n) is 7.86. The normalized spacial score (nSPS) is 19.5. The van der Waals surface area contributed by atoms with E-state index in [0.717, 1.165) is 11.0 Å². The van der Waals surface area contributed by atoms with Gasteiger partial charge in [0.25, 0.3) is 0 Å². The second-order valence-corrected chi connectivity index (χ2v) is 8.46. The molecule has 1 aromatic heterocycles. The van der Waals surface area contributed by atoms with Crippen LogP contribution >= 0.6 is 0 Å². The van der Waals surface area contributed by atoms with E-state index >= 15 is 0 Å². The number of nitrogens with one attached hydrogen (secondary N) is 1. The molecule has 124 valence electrons. The van der Waals surface area contributed by atoms with Crippen molar-refractivity contribution in [1.29, 1.82) is 0 Å². The number of aromatic nitrogens is 2. The number of benzene rings is 1. The third kappa shape index (κ3) is 3.55. The third-order valence-electron chi connectivity index (χ3n) is 4.52. The summed E-state index contributed by atoms with van der Waals surface area (Å²) in [5, 5.41) is 2.95. The number of carbonyl (C=O) groups is 1. The molecule has 1 amide bonds. The van der Waals surface area contributed by atoms with Crippen molar-refractivity contribution < 1.29 is 13.2 Å². The molecule has 2 heterocycles. The first-order valence-corrected chi connectivity index (χ1v) is 9.68. The van der Waals surface area contributed by atoms with Gasteiger partial charge in [0, 0.05) is 6.54 Å². The Morgan fingerprint density at radius 2 is 2.04 bits per heavy atom. The number of hydrogen-bond acceptors (Lipinski definition) is 4. The predicted molar refractivity (Wildman–Crippen MR) is 88.8 cm³/mol. The van der Waals surface area contributed by atoms with Crippen LogP contribution in [0.3, 0.4) is 0 Å². The molecule has 1 N–H and O–H groups in total. The maximum absolute atomic E-state index is 12.4. The fourth-order valence-electron chi connectivity index (χ4n) is 2.95. The lowest BCUT2D eigenvalue weighted by Crippen LogP contribution is -2.37. The number of fused-ring (bicyclic) bond motifs is 1. The van der Waals surface area contributed by atoms with Crippen molar-refractivity contribution in [3.8, 4) is 0 Å². The van der Waals surface area contributed by atoms with Crippen molar-refractivity contribution in [2.24, 2.45) is 5.92 Å². The Balaban J connectivity index is 1.60. The number of para-hydroxylation sites is 2. The molecule has 0 saturated carbocycles. The minimum atomic E-state index is -2.86. The molecule has 3 rings (SSSR count). The fourth-order valence-corrected chi connectivity index (χ4v) is 4.54. The average molecular weight is 335 g/mol. The first-order chi connectivity index (χ1) is 11.0. The summed E-state index contributed by atoms with van der Waals surface area (Å²) in [5.41, 5.74) is 1.79. The van der Waals surface area contributed by atoms with Gasteiger partial charge in [0.15, 0.2) is 0 Å². The van der Waals surface area contributed by atoms with Gasteiger partial charge in [-0.15, -0.1) is 0 Å². The van der Waals surface area contributed by atoms with Gasteiger partial charge in [0.05, 0.1) is 28.9 Å². The number of carbonyl (C=O) groups excluding carboxylic acids is 1. The van der Waals surface area contributed by atoms with E-state index in [9.17, 15) is 13.2 Å². The molecule has 0 radical (unpaired) electrons. The molecule has 0 bridgehead atoms. The average Bonchev–Trinajstić information content (AvgIpc) is 2.97. The number of amides is 1. The third-order valence-corrected chi connectivity index (χ3v) is 6.23. The van der Waals surface area contributed by atoms with Crippen LogP contribution in [-0.2, 0) is 14.6 Å². The quantitative estimate of drug-likeness (QED) is 0.919. The molecule has 6 nitrogen and oxygen atoms in total. The Kier molecular flexibility index (Phi) is 4.39. The van der Waals surface area contributed by atoms with Crippen molar-refractivity contribution in [3.05, 3.63) is 30.6 Å². The molecule has 1 fully saturated rings. The Hall–Kier alpha value is -1.89. The van der Waals surface area contributed by atoms with Gasteiger partial charge >= 0.3 is 0 Å². The first kappa shape index (κ1) is 16.0. The van der Waals surface area contributed by atoms with Crippen LogP contribution in [0.25, 0.3) is 11.0 Å². The van der Waals surface area contributed by atoms with Crippen molar-refractivity contribution in [2.75, 3.05) is 18.1 Å². The summed E-state index contributed by atoms with van der Waals surface area (Å²) in [5.74, 6) is 0.639. The molecule has 0 aliphatic carbocycles. The summed E-state index contributed by atoms with van der Waals surface area (Å²) in [4.78, 5) is 16.7. The van der Waals surface area contributed by atoms with Crippen molar-refractivity contribution in [3.63, 3.8) is 0 Å². The summed E-state index contributed by atoms with van der Waals surface area (Å²) in [6, 6.07) is 7.35. The predicted octanol–water partition coefficient (Wildman–Crippen LogP) is 1.54. The molecule has 23 heavy (non-hydrogen) atoms. The number of nitrogens with zero attached hydrogens (tertiary/aromatic N) is 2. The zero-order valence-corrected chi connectivity index (χ0v) is 13.9. The monoisotopic (exact) mass is 335 g/mol. The van der Waals surface area contributed by atoms with Crippen LogP contribution in [0.4, 0.5) is 0 Å². The highest BCUT2D eigenvalue weighted by Crippen LogP contribution is 2.19. The van der Waals surface area contributed by atoms with Gasteiger partial charge in [-0.25, -0.2) is 13.4 Å². The number of sulfone groups is 1.